The molecule has 3 aromatic carbocycles. The van der Waals surface area contributed by atoms with Crippen molar-refractivity contribution in [1.82, 2.24) is 30.4 Å². The number of hydrogen-bond donors (Lipinski definition) is 2. The van der Waals surface area contributed by atoms with Gasteiger partial charge in [-0.05, 0) is 37.3 Å². The number of nitrogens with one attached hydrogen (secondary N) is 2. The first kappa shape index (κ1) is 33.1. The second-order valence-electron chi connectivity index (χ2n) is 14.4. The van der Waals surface area contributed by atoms with Crippen LogP contribution in [0.2, 0.25) is 10.0 Å². The molecule has 8 rings (SSSR count). The summed E-state index contributed by atoms with van der Waals surface area (Å²) in [6.45, 7) is 13.6. The number of halogens is 2. The fourth-order valence-corrected chi connectivity index (χ4v) is 8.95. The van der Waals surface area contributed by atoms with Gasteiger partial charge in [-0.2, -0.15) is 0 Å². The molecule has 4 saturated heterocycles. The van der Waals surface area contributed by atoms with E-state index in [0.29, 0.717) is 28.2 Å². The van der Waals surface area contributed by atoms with Gasteiger partial charge in [0.05, 0.1) is 47.2 Å². The zero-order valence-electron chi connectivity index (χ0n) is 28.6. The first-order valence-electron chi connectivity index (χ1n) is 17.2. The van der Waals surface area contributed by atoms with E-state index in [1.54, 1.807) is 20.4 Å². The van der Waals surface area contributed by atoms with E-state index >= 15 is 0 Å². The molecule has 0 saturated carbocycles. The van der Waals surface area contributed by atoms with Gasteiger partial charge in [-0.25, -0.2) is 4.98 Å². The van der Waals surface area contributed by atoms with Gasteiger partial charge in [0.1, 0.15) is 11.4 Å². The van der Waals surface area contributed by atoms with Gasteiger partial charge in [-0.3, -0.25) is 14.8 Å². The summed E-state index contributed by atoms with van der Waals surface area (Å²) in [4.78, 5) is 14.5. The molecule has 0 amide bonds. The summed E-state index contributed by atoms with van der Waals surface area (Å²) in [5.74, 6) is 1.35. The van der Waals surface area contributed by atoms with Crippen molar-refractivity contribution in [2.45, 2.75) is 49.9 Å². The summed E-state index contributed by atoms with van der Waals surface area (Å²) < 4.78 is 11.6. The Morgan fingerprint density at radius 3 is 1.92 bits per heavy atom. The molecule has 0 bridgehead atoms. The van der Waals surface area contributed by atoms with E-state index in [2.05, 4.69) is 51.8 Å². The molecule has 50 heavy (non-hydrogen) atoms. The largest absolute Gasteiger partial charge is 0.496 e. The molecule has 0 aliphatic carbocycles. The lowest BCUT2D eigenvalue weighted by Crippen LogP contribution is -2.65. The van der Waals surface area contributed by atoms with E-state index in [9.17, 15) is 0 Å². The van der Waals surface area contributed by atoms with Gasteiger partial charge >= 0.3 is 0 Å². The Hall–Kier alpha value is -4.08. The Labute approximate surface area is 304 Å². The van der Waals surface area contributed by atoms with Gasteiger partial charge in [0.2, 0.25) is 5.88 Å². The molecule has 2 spiro atoms. The van der Waals surface area contributed by atoms with Gasteiger partial charge in [0.15, 0.2) is 0 Å². The van der Waals surface area contributed by atoms with Crippen molar-refractivity contribution in [1.29, 1.82) is 0 Å². The van der Waals surface area contributed by atoms with Crippen LogP contribution in [0.3, 0.4) is 0 Å². The number of benzene rings is 3. The zero-order chi connectivity index (χ0) is 34.6. The molecule has 1 aromatic heterocycles. The third kappa shape index (κ3) is 6.02. The summed E-state index contributed by atoms with van der Waals surface area (Å²) in [5.41, 5.74) is 9.53. The minimum absolute atomic E-state index is 0.154. The van der Waals surface area contributed by atoms with Crippen LogP contribution >= 0.6 is 23.2 Å². The van der Waals surface area contributed by atoms with Crippen LogP contribution in [0, 0.1) is 0 Å². The predicted molar refractivity (Wildman–Crippen MR) is 200 cm³/mol. The van der Waals surface area contributed by atoms with E-state index in [4.69, 9.17) is 42.6 Å². The molecule has 0 unspecified atom stereocenters. The maximum Gasteiger partial charge on any atom is 0.237 e. The number of likely N-dealkylation sites (tertiary alicyclic amines) is 2. The van der Waals surface area contributed by atoms with Gasteiger partial charge < -0.3 is 20.1 Å². The smallest absolute Gasteiger partial charge is 0.237 e. The van der Waals surface area contributed by atoms with Crippen molar-refractivity contribution in [3.8, 4) is 45.1 Å². The minimum atomic E-state index is 0.154. The Balaban J connectivity index is 1.01. The lowest BCUT2D eigenvalue weighted by molar-refractivity contribution is 0.0488. The molecular formula is C40H42Cl2N6O2. The minimum Gasteiger partial charge on any atom is -0.496 e. The highest BCUT2D eigenvalue weighted by Crippen LogP contribution is 2.44. The van der Waals surface area contributed by atoms with Gasteiger partial charge in [0, 0.05) is 78.5 Å². The highest BCUT2D eigenvalue weighted by Gasteiger charge is 2.46. The van der Waals surface area contributed by atoms with Crippen LogP contribution in [0.15, 0.2) is 85.3 Å². The van der Waals surface area contributed by atoms with Crippen molar-refractivity contribution < 1.29 is 9.47 Å². The van der Waals surface area contributed by atoms with Crippen LogP contribution in [0.25, 0.3) is 33.5 Å². The van der Waals surface area contributed by atoms with Crippen molar-refractivity contribution >= 4 is 23.2 Å². The van der Waals surface area contributed by atoms with Gasteiger partial charge in [-0.15, -0.1) is 0 Å². The predicted octanol–water partition coefficient (Wildman–Crippen LogP) is 7.70. The molecule has 4 fully saturated rings. The van der Waals surface area contributed by atoms with Crippen LogP contribution in [0.4, 0.5) is 0 Å². The summed E-state index contributed by atoms with van der Waals surface area (Å²) in [6, 6.07) is 18.3. The maximum absolute atomic E-state index is 7.19. The van der Waals surface area contributed by atoms with E-state index < -0.39 is 0 Å². The molecule has 4 aliphatic rings. The molecule has 10 heteroatoms. The molecular weight excluding hydrogens is 667 g/mol. The van der Waals surface area contributed by atoms with Crippen LogP contribution in [0.1, 0.15) is 36.9 Å². The molecule has 4 aromatic rings. The van der Waals surface area contributed by atoms with Crippen LogP contribution in [0.5, 0.6) is 11.6 Å². The molecule has 258 valence electrons. The average molecular weight is 710 g/mol. The molecule has 8 nitrogen and oxygen atoms in total. The number of rotatable bonds is 9. The summed E-state index contributed by atoms with van der Waals surface area (Å²) in [5, 5.41) is 8.34. The number of ether oxygens (including phenoxy) is 2. The Kier molecular flexibility index (Phi) is 8.54. The highest BCUT2D eigenvalue weighted by atomic mass is 35.5. The van der Waals surface area contributed by atoms with Gasteiger partial charge in [-0.1, -0.05) is 84.9 Å². The first-order valence-corrected chi connectivity index (χ1v) is 17.9. The van der Waals surface area contributed by atoms with Gasteiger partial charge in [0.25, 0.3) is 0 Å². The fourth-order valence-electron chi connectivity index (χ4n) is 8.29. The standard InChI is InChI=1S/C40H42Cl2N6O2/c1-25-13-15-39(45-25)21-47(22-39)19-28-12-11-27(17-35(28)49-3)29-7-5-8-30(36(29)41)31-9-6-10-32(37(31)42)33-18-43-34(38(44-33)50-4)20-48-23-40(24-48)16-14-26(2)46-40/h5-12,17-18,45-46H,1-2,13-16,19-24H2,3-4H3. The molecule has 2 N–H and O–H groups in total. The third-order valence-electron chi connectivity index (χ3n) is 10.7. The summed E-state index contributed by atoms with van der Waals surface area (Å²) >= 11 is 14.3. The number of hydrogen-bond acceptors (Lipinski definition) is 8. The lowest BCUT2D eigenvalue weighted by atomic mass is 9.88. The Morgan fingerprint density at radius 2 is 1.34 bits per heavy atom. The summed E-state index contributed by atoms with van der Waals surface area (Å²) in [6.07, 6.45) is 6.16. The fraction of sp³-hybridized carbons (Fsp3) is 0.350. The number of allylic oxidation sites excluding steroid dienone is 2. The Bertz CT molecular complexity index is 1860. The lowest BCUT2D eigenvalue weighted by Gasteiger charge is -2.48. The normalized spacial score (nSPS) is 19.3. The Morgan fingerprint density at radius 1 is 0.760 bits per heavy atom. The molecule has 5 heterocycles. The van der Waals surface area contributed by atoms with Crippen molar-refractivity contribution in [2.75, 3.05) is 40.4 Å². The average Bonchev–Trinajstić information content (AvgIpc) is 3.68. The zero-order valence-corrected chi connectivity index (χ0v) is 30.1. The van der Waals surface area contributed by atoms with Crippen molar-refractivity contribution in [3.63, 3.8) is 0 Å². The second kappa shape index (κ2) is 12.9. The maximum atomic E-state index is 7.19. The molecule has 0 atom stereocenters. The molecule has 0 radical (unpaired) electrons. The van der Waals surface area contributed by atoms with Crippen molar-refractivity contribution in [3.05, 3.63) is 107 Å². The monoisotopic (exact) mass is 708 g/mol. The topological polar surface area (TPSA) is 74.8 Å². The second-order valence-corrected chi connectivity index (χ2v) is 15.1. The highest BCUT2D eigenvalue weighted by molar-refractivity contribution is 6.39. The SMILES string of the molecule is C=C1CCC2(CN(Cc3ccc(-c4cccc(-c5cccc(-c6cnc(CN7CC8(CCC(=C)N8)C7)c(OC)n6)c5Cl)c4Cl)cc3OC)C2)N1. The summed E-state index contributed by atoms with van der Waals surface area (Å²) in [7, 11) is 3.36. The van der Waals surface area contributed by atoms with Crippen LogP contribution in [-0.2, 0) is 13.1 Å². The number of methoxy groups -OCH3 is 2. The van der Waals surface area contributed by atoms with E-state index in [0.717, 1.165) is 115 Å². The number of aromatic nitrogens is 2. The van der Waals surface area contributed by atoms with Crippen LogP contribution < -0.4 is 20.1 Å². The van der Waals surface area contributed by atoms with E-state index in [-0.39, 0.29) is 11.1 Å². The number of nitrogens with zero attached hydrogens (tertiary/aromatic N) is 4. The third-order valence-corrected chi connectivity index (χ3v) is 11.5. The quantitative estimate of drug-likeness (QED) is 0.183. The van der Waals surface area contributed by atoms with Crippen molar-refractivity contribution in [2.24, 2.45) is 0 Å². The van der Waals surface area contributed by atoms with E-state index in [1.807, 2.05) is 36.4 Å². The van der Waals surface area contributed by atoms with Crippen LogP contribution in [-0.4, -0.2) is 71.2 Å². The molecule has 4 aliphatic heterocycles. The van der Waals surface area contributed by atoms with E-state index in [1.165, 1.54) is 0 Å². The first-order chi connectivity index (χ1) is 24.2.